The summed E-state index contributed by atoms with van der Waals surface area (Å²) >= 11 is 6.03. The minimum absolute atomic E-state index is 0.102. The monoisotopic (exact) mass is 443 g/mol. The summed E-state index contributed by atoms with van der Waals surface area (Å²) in [5, 5.41) is 27.9. The molecule has 0 unspecified atom stereocenters. The zero-order valence-electron chi connectivity index (χ0n) is 17.5. The van der Waals surface area contributed by atoms with Gasteiger partial charge in [-0.2, -0.15) is 14.9 Å². The fourth-order valence-electron chi connectivity index (χ4n) is 2.67. The molecule has 3 rings (SSSR count). The molecular formula is C20H22ClN7O3. The van der Waals surface area contributed by atoms with Crippen LogP contribution in [-0.4, -0.2) is 42.1 Å². The zero-order chi connectivity index (χ0) is 23.2. The molecule has 0 radical (unpaired) electrons. The van der Waals surface area contributed by atoms with Gasteiger partial charge in [0.2, 0.25) is 0 Å². The number of hydrogen-bond acceptors (Lipinski definition) is 7. The summed E-state index contributed by atoms with van der Waals surface area (Å²) in [6.07, 6.45) is 1.14. The van der Waals surface area contributed by atoms with E-state index in [9.17, 15) is 9.59 Å². The number of carboxylic acids is 1. The quantitative estimate of drug-likeness (QED) is 0.525. The number of nitrogens with one attached hydrogen (secondary N) is 2. The third-order valence-corrected chi connectivity index (χ3v) is 4.03. The Hall–Kier alpha value is -3.71. The molecule has 0 aliphatic heterocycles. The van der Waals surface area contributed by atoms with E-state index < -0.39 is 17.4 Å². The average Bonchev–Trinajstić information content (AvgIpc) is 3.11. The molecule has 0 bridgehead atoms. The van der Waals surface area contributed by atoms with Gasteiger partial charge in [-0.25, -0.2) is 9.97 Å². The van der Waals surface area contributed by atoms with Gasteiger partial charge in [0.25, 0.3) is 5.91 Å². The number of pyridine rings is 1. The first-order chi connectivity index (χ1) is 14.7. The van der Waals surface area contributed by atoms with E-state index in [4.69, 9.17) is 22.0 Å². The number of rotatable bonds is 6. The summed E-state index contributed by atoms with van der Waals surface area (Å²) in [7, 11) is 0. The maximum absolute atomic E-state index is 12.5. The summed E-state index contributed by atoms with van der Waals surface area (Å²) in [6.45, 7) is 7.23. The van der Waals surface area contributed by atoms with Gasteiger partial charge in [-0.05, 0) is 26.0 Å². The Balaban J connectivity index is 0.00000166. The number of imidazole rings is 1. The third kappa shape index (κ3) is 5.90. The van der Waals surface area contributed by atoms with Crippen molar-refractivity contribution in [1.82, 2.24) is 24.9 Å². The Labute approximate surface area is 183 Å². The molecule has 0 aliphatic rings. The van der Waals surface area contributed by atoms with E-state index in [0.29, 0.717) is 17.2 Å². The number of aromatic nitrogens is 4. The van der Waals surface area contributed by atoms with Crippen LogP contribution in [0.2, 0.25) is 5.15 Å². The summed E-state index contributed by atoms with van der Waals surface area (Å²) in [6, 6.07) is 8.26. The molecule has 3 aromatic rings. The Morgan fingerprint density at radius 2 is 2.03 bits per heavy atom. The van der Waals surface area contributed by atoms with Gasteiger partial charge in [0.15, 0.2) is 16.5 Å². The van der Waals surface area contributed by atoms with Crippen LogP contribution in [0.4, 0.5) is 11.5 Å². The van der Waals surface area contributed by atoms with Crippen LogP contribution in [-0.2, 0) is 4.79 Å². The highest BCUT2D eigenvalue weighted by atomic mass is 35.5. The van der Waals surface area contributed by atoms with Gasteiger partial charge >= 0.3 is 5.97 Å². The fraction of sp³-hybridized carbons (Fsp3) is 0.300. The molecule has 10 nitrogen and oxygen atoms in total. The number of nitrogens with zero attached hydrogens (tertiary/aromatic N) is 5. The second-order valence-electron chi connectivity index (χ2n) is 6.81. The molecule has 31 heavy (non-hydrogen) atoms. The van der Waals surface area contributed by atoms with Crippen molar-refractivity contribution in [3.63, 3.8) is 0 Å². The van der Waals surface area contributed by atoms with Gasteiger partial charge in [0.1, 0.15) is 17.6 Å². The van der Waals surface area contributed by atoms with E-state index in [-0.39, 0.29) is 23.0 Å². The van der Waals surface area contributed by atoms with E-state index in [2.05, 4.69) is 25.7 Å². The number of halogens is 1. The zero-order valence-corrected chi connectivity index (χ0v) is 18.2. The molecule has 0 aliphatic carbocycles. The van der Waals surface area contributed by atoms with Gasteiger partial charge in [0.05, 0.1) is 18.3 Å². The molecular weight excluding hydrogens is 422 g/mol. The first-order valence-electron chi connectivity index (χ1n) is 9.41. The van der Waals surface area contributed by atoms with E-state index in [0.717, 1.165) is 0 Å². The second kappa shape index (κ2) is 9.86. The lowest BCUT2D eigenvalue weighted by atomic mass is 10.0. The lowest BCUT2D eigenvalue weighted by molar-refractivity contribution is -0.138. The first-order valence-corrected chi connectivity index (χ1v) is 9.79. The third-order valence-electron chi connectivity index (χ3n) is 3.84. The van der Waals surface area contributed by atoms with Crippen LogP contribution in [0.1, 0.15) is 50.3 Å². The van der Waals surface area contributed by atoms with Gasteiger partial charge in [-0.15, -0.1) is 0 Å². The van der Waals surface area contributed by atoms with Gasteiger partial charge in [0, 0.05) is 11.6 Å². The molecule has 0 fully saturated rings. The van der Waals surface area contributed by atoms with Crippen molar-refractivity contribution in [2.75, 3.05) is 5.32 Å². The molecule has 1 amide bonds. The maximum atomic E-state index is 12.5. The highest BCUT2D eigenvalue weighted by Gasteiger charge is 2.25. The van der Waals surface area contributed by atoms with Crippen LogP contribution in [0.5, 0.6) is 0 Å². The Kier molecular flexibility index (Phi) is 7.50. The van der Waals surface area contributed by atoms with Crippen LogP contribution in [0.15, 0.2) is 30.5 Å². The van der Waals surface area contributed by atoms with E-state index in [1.165, 1.54) is 22.8 Å². The van der Waals surface area contributed by atoms with Crippen LogP contribution in [0.25, 0.3) is 5.65 Å². The molecule has 3 N–H and O–H groups in total. The molecule has 3 heterocycles. The lowest BCUT2D eigenvalue weighted by Gasteiger charge is -2.24. The summed E-state index contributed by atoms with van der Waals surface area (Å²) in [4.78, 5) is 31.8. The lowest BCUT2D eigenvalue weighted by Crippen LogP contribution is -2.45. The largest absolute Gasteiger partial charge is 0.481 e. The van der Waals surface area contributed by atoms with Crippen molar-refractivity contribution in [1.29, 1.82) is 5.26 Å². The van der Waals surface area contributed by atoms with Crippen molar-refractivity contribution >= 4 is 40.6 Å². The predicted octanol–water partition coefficient (Wildman–Crippen LogP) is 3.40. The minimum Gasteiger partial charge on any atom is -0.481 e. The smallest absolute Gasteiger partial charge is 0.305 e. The van der Waals surface area contributed by atoms with Gasteiger partial charge < -0.3 is 15.7 Å². The molecule has 0 atom stereocenters. The number of carboxylic acid groups (broad SMARTS) is 1. The Morgan fingerprint density at radius 1 is 1.32 bits per heavy atom. The van der Waals surface area contributed by atoms with Gasteiger partial charge in [-0.1, -0.05) is 31.5 Å². The Morgan fingerprint density at radius 3 is 2.68 bits per heavy atom. The molecule has 11 heteroatoms. The van der Waals surface area contributed by atoms with Crippen LogP contribution < -0.4 is 10.6 Å². The van der Waals surface area contributed by atoms with Crippen molar-refractivity contribution < 1.29 is 14.7 Å². The second-order valence-corrected chi connectivity index (χ2v) is 7.20. The topological polar surface area (TPSA) is 145 Å². The van der Waals surface area contributed by atoms with E-state index in [1.807, 2.05) is 19.9 Å². The summed E-state index contributed by atoms with van der Waals surface area (Å²) in [5.74, 6) is -1.20. The van der Waals surface area contributed by atoms with E-state index >= 15 is 0 Å². The van der Waals surface area contributed by atoms with Crippen molar-refractivity contribution in [3.8, 4) is 6.07 Å². The number of carbonyl (C=O) groups is 2. The summed E-state index contributed by atoms with van der Waals surface area (Å²) < 4.78 is 1.30. The fourth-order valence-corrected chi connectivity index (χ4v) is 2.85. The highest BCUT2D eigenvalue weighted by Crippen LogP contribution is 2.23. The number of anilines is 2. The first kappa shape index (κ1) is 23.6. The number of nitriles is 1. The number of aliphatic carboxylic acids is 1. The standard InChI is InChI=1S/C18H16ClN7O3.C2H6/c1-18(2,7-15(27)28)24-17(29)11-4-3-5-14(22-11)23-12-6-13(19)25-26-10(8-20)9-21-16(12)26;1-2/h3-6,9H,7H2,1-2H3,(H,22,23)(H,24,29)(H,27,28);1-2H3. The molecule has 0 saturated heterocycles. The maximum Gasteiger partial charge on any atom is 0.305 e. The van der Waals surface area contributed by atoms with Crippen molar-refractivity contribution in [3.05, 3.63) is 47.0 Å². The van der Waals surface area contributed by atoms with Crippen LogP contribution in [0, 0.1) is 11.3 Å². The van der Waals surface area contributed by atoms with Crippen LogP contribution >= 0.6 is 11.6 Å². The highest BCUT2D eigenvalue weighted by molar-refractivity contribution is 6.29. The molecule has 0 saturated carbocycles. The normalized spacial score (nSPS) is 10.6. The number of hydrogen-bond donors (Lipinski definition) is 3. The molecule has 0 spiro atoms. The number of carbonyl (C=O) groups excluding carboxylic acids is 1. The average molecular weight is 444 g/mol. The molecule has 0 aromatic carbocycles. The minimum atomic E-state index is -1.02. The van der Waals surface area contributed by atoms with E-state index in [1.54, 1.807) is 26.0 Å². The molecule has 162 valence electrons. The van der Waals surface area contributed by atoms with Gasteiger partial charge in [-0.3, -0.25) is 9.59 Å². The SMILES string of the molecule is CC.CC(C)(CC(=O)O)NC(=O)c1cccc(Nc2cc(Cl)nn3c(C#N)cnc23)n1. The predicted molar refractivity (Wildman–Crippen MR) is 115 cm³/mol. The van der Waals surface area contributed by atoms with Crippen LogP contribution in [0.3, 0.4) is 0 Å². The number of fused-ring (bicyclic) bond motifs is 1. The number of amides is 1. The Bertz CT molecular complexity index is 1150. The summed E-state index contributed by atoms with van der Waals surface area (Å²) in [5.41, 5.74) is 0.188. The van der Waals surface area contributed by atoms with Crippen molar-refractivity contribution in [2.24, 2.45) is 0 Å². The molecule has 3 aromatic heterocycles. The van der Waals surface area contributed by atoms with Crippen molar-refractivity contribution in [2.45, 2.75) is 39.7 Å².